The first kappa shape index (κ1) is 16.5. The van der Waals surface area contributed by atoms with Gasteiger partial charge in [-0.15, -0.1) is 0 Å². The van der Waals surface area contributed by atoms with E-state index in [1.165, 1.54) is 0 Å². The molecule has 1 heterocycles. The number of ketones is 1. The molecule has 0 bridgehead atoms. The highest BCUT2D eigenvalue weighted by atomic mass is 35.5. The summed E-state index contributed by atoms with van der Waals surface area (Å²) in [6.45, 7) is 2.09. The predicted molar refractivity (Wildman–Crippen MR) is 92.7 cm³/mol. The Morgan fingerprint density at radius 3 is 2.46 bits per heavy atom. The number of amides is 2. The second-order valence-electron chi connectivity index (χ2n) is 5.41. The summed E-state index contributed by atoms with van der Waals surface area (Å²) in [6.07, 6.45) is 0. The second kappa shape index (κ2) is 7.47. The molecule has 1 aliphatic rings. The van der Waals surface area contributed by atoms with Crippen molar-refractivity contribution in [1.82, 2.24) is 4.90 Å². The topological polar surface area (TPSA) is 58.6 Å². The maximum Gasteiger partial charge on any atom is 0.322 e. The number of benzene rings is 2. The number of halogens is 1. The number of ether oxygens (including phenoxy) is 1. The van der Waals surface area contributed by atoms with Crippen LogP contribution >= 0.6 is 11.6 Å². The molecule has 24 heavy (non-hydrogen) atoms. The molecule has 2 amide bonds. The molecule has 124 valence electrons. The highest BCUT2D eigenvalue weighted by Gasteiger charge is 2.20. The first-order valence-electron chi connectivity index (χ1n) is 7.68. The van der Waals surface area contributed by atoms with Crippen LogP contribution in [0.15, 0.2) is 48.5 Å². The van der Waals surface area contributed by atoms with Crippen molar-refractivity contribution in [2.45, 2.75) is 0 Å². The van der Waals surface area contributed by atoms with Crippen LogP contribution in [0, 0.1) is 0 Å². The molecule has 1 N–H and O–H groups in total. The highest BCUT2D eigenvalue weighted by molar-refractivity contribution is 6.31. The van der Waals surface area contributed by atoms with Gasteiger partial charge in [-0.05, 0) is 18.2 Å². The van der Waals surface area contributed by atoms with Gasteiger partial charge in [-0.3, -0.25) is 4.79 Å². The van der Waals surface area contributed by atoms with Gasteiger partial charge in [-0.25, -0.2) is 4.79 Å². The van der Waals surface area contributed by atoms with E-state index in [4.69, 9.17) is 16.3 Å². The average molecular weight is 345 g/mol. The van der Waals surface area contributed by atoms with E-state index in [0.29, 0.717) is 48.1 Å². The molecule has 5 nitrogen and oxygen atoms in total. The van der Waals surface area contributed by atoms with Crippen molar-refractivity contribution in [3.05, 3.63) is 64.7 Å². The number of carbonyl (C=O) groups excluding carboxylic acids is 2. The predicted octanol–water partition coefficient (Wildman–Crippen LogP) is 3.44. The third-order valence-electron chi connectivity index (χ3n) is 3.80. The van der Waals surface area contributed by atoms with Crippen molar-refractivity contribution in [3.63, 3.8) is 0 Å². The zero-order valence-electron chi connectivity index (χ0n) is 13.0. The Bertz CT molecular complexity index is 743. The molecule has 6 heteroatoms. The van der Waals surface area contributed by atoms with E-state index in [2.05, 4.69) is 5.32 Å². The number of anilines is 1. The van der Waals surface area contributed by atoms with Gasteiger partial charge in [-0.2, -0.15) is 0 Å². The fraction of sp³-hybridized carbons (Fsp3) is 0.222. The highest BCUT2D eigenvalue weighted by Crippen LogP contribution is 2.24. The van der Waals surface area contributed by atoms with Gasteiger partial charge in [0.25, 0.3) is 0 Å². The van der Waals surface area contributed by atoms with Crippen LogP contribution in [0.4, 0.5) is 10.5 Å². The standard InChI is InChI=1S/C18H17ClN2O3/c19-14-6-7-16(20-18(23)21-8-10-24-11-9-21)15(12-14)17(22)13-4-2-1-3-5-13/h1-7,12H,8-11H2,(H,20,23). The van der Waals surface area contributed by atoms with Gasteiger partial charge in [0.05, 0.1) is 18.9 Å². The summed E-state index contributed by atoms with van der Waals surface area (Å²) < 4.78 is 5.24. The van der Waals surface area contributed by atoms with Crippen molar-refractivity contribution in [1.29, 1.82) is 0 Å². The van der Waals surface area contributed by atoms with Crippen molar-refractivity contribution in [2.75, 3.05) is 31.6 Å². The van der Waals surface area contributed by atoms with Crippen LogP contribution in [0.25, 0.3) is 0 Å². The summed E-state index contributed by atoms with van der Waals surface area (Å²) >= 11 is 6.04. The number of nitrogens with one attached hydrogen (secondary N) is 1. The summed E-state index contributed by atoms with van der Waals surface area (Å²) in [7, 11) is 0. The summed E-state index contributed by atoms with van der Waals surface area (Å²) in [5, 5.41) is 3.25. The number of urea groups is 1. The summed E-state index contributed by atoms with van der Waals surface area (Å²) in [4.78, 5) is 26.8. The first-order chi connectivity index (χ1) is 11.6. The molecular weight excluding hydrogens is 328 g/mol. The van der Waals surface area contributed by atoms with Gasteiger partial charge in [-0.1, -0.05) is 41.9 Å². The van der Waals surface area contributed by atoms with E-state index in [0.717, 1.165) is 0 Å². The van der Waals surface area contributed by atoms with E-state index in [-0.39, 0.29) is 11.8 Å². The molecule has 0 aliphatic carbocycles. The molecular formula is C18H17ClN2O3. The maximum atomic E-state index is 12.7. The molecule has 0 aromatic heterocycles. The number of hydrogen-bond donors (Lipinski definition) is 1. The van der Waals surface area contributed by atoms with Gasteiger partial charge < -0.3 is 15.0 Å². The van der Waals surface area contributed by atoms with Gasteiger partial charge in [0.15, 0.2) is 5.78 Å². The SMILES string of the molecule is O=C(c1ccccc1)c1cc(Cl)ccc1NC(=O)N1CCOCC1. The molecule has 1 aliphatic heterocycles. The molecule has 0 spiro atoms. The summed E-state index contributed by atoms with van der Waals surface area (Å²) in [5.74, 6) is -0.185. The minimum atomic E-state index is -0.247. The van der Waals surface area contributed by atoms with Crippen LogP contribution in [0.5, 0.6) is 0 Å². The lowest BCUT2D eigenvalue weighted by Crippen LogP contribution is -2.43. The Labute approximate surface area is 145 Å². The Kier molecular flexibility index (Phi) is 5.13. The van der Waals surface area contributed by atoms with E-state index >= 15 is 0 Å². The van der Waals surface area contributed by atoms with Crippen LogP contribution < -0.4 is 5.32 Å². The van der Waals surface area contributed by atoms with Crippen LogP contribution in [0.2, 0.25) is 5.02 Å². The van der Waals surface area contributed by atoms with Gasteiger partial charge >= 0.3 is 6.03 Å². The number of carbonyl (C=O) groups is 2. The smallest absolute Gasteiger partial charge is 0.322 e. The van der Waals surface area contributed by atoms with Crippen LogP contribution in [0.1, 0.15) is 15.9 Å². The maximum absolute atomic E-state index is 12.7. The van der Waals surface area contributed by atoms with Crippen LogP contribution in [0.3, 0.4) is 0 Å². The zero-order valence-corrected chi connectivity index (χ0v) is 13.8. The molecule has 1 fully saturated rings. The second-order valence-corrected chi connectivity index (χ2v) is 5.85. The number of nitrogens with zero attached hydrogens (tertiary/aromatic N) is 1. The quantitative estimate of drug-likeness (QED) is 0.868. The third-order valence-corrected chi connectivity index (χ3v) is 4.04. The lowest BCUT2D eigenvalue weighted by atomic mass is 10.0. The van der Waals surface area contributed by atoms with E-state index in [9.17, 15) is 9.59 Å². The van der Waals surface area contributed by atoms with Crippen molar-refractivity contribution >= 4 is 29.1 Å². The lowest BCUT2D eigenvalue weighted by Gasteiger charge is -2.27. The zero-order chi connectivity index (χ0) is 16.9. The fourth-order valence-corrected chi connectivity index (χ4v) is 2.69. The Morgan fingerprint density at radius 2 is 1.75 bits per heavy atom. The minimum absolute atomic E-state index is 0.185. The number of morpholine rings is 1. The molecule has 0 saturated carbocycles. The van der Waals surface area contributed by atoms with Gasteiger partial charge in [0, 0.05) is 29.2 Å². The van der Waals surface area contributed by atoms with Crippen molar-refractivity contribution in [3.8, 4) is 0 Å². The van der Waals surface area contributed by atoms with Gasteiger partial charge in [0.2, 0.25) is 0 Å². The Balaban J connectivity index is 1.85. The van der Waals surface area contributed by atoms with Crippen LogP contribution in [-0.2, 0) is 4.74 Å². The van der Waals surface area contributed by atoms with Crippen molar-refractivity contribution < 1.29 is 14.3 Å². The molecule has 2 aromatic carbocycles. The summed E-state index contributed by atoms with van der Waals surface area (Å²) in [6, 6.07) is 13.5. The van der Waals surface area contributed by atoms with Crippen LogP contribution in [-0.4, -0.2) is 43.0 Å². The molecule has 2 aromatic rings. The number of hydrogen-bond acceptors (Lipinski definition) is 3. The Hall–Kier alpha value is -2.37. The van der Waals surface area contributed by atoms with E-state index < -0.39 is 0 Å². The third kappa shape index (κ3) is 3.75. The normalized spacial score (nSPS) is 14.3. The molecule has 3 rings (SSSR count). The molecule has 0 atom stereocenters. The van der Waals surface area contributed by atoms with Gasteiger partial charge in [0.1, 0.15) is 0 Å². The Morgan fingerprint density at radius 1 is 1.04 bits per heavy atom. The summed E-state index contributed by atoms with van der Waals surface area (Å²) in [5.41, 5.74) is 1.36. The van der Waals surface area contributed by atoms with E-state index in [1.807, 2.05) is 6.07 Å². The fourth-order valence-electron chi connectivity index (χ4n) is 2.52. The average Bonchev–Trinajstić information content (AvgIpc) is 2.64. The molecule has 0 unspecified atom stereocenters. The monoisotopic (exact) mass is 344 g/mol. The van der Waals surface area contributed by atoms with Crippen molar-refractivity contribution in [2.24, 2.45) is 0 Å². The molecule has 1 saturated heterocycles. The lowest BCUT2D eigenvalue weighted by molar-refractivity contribution is 0.0564. The molecule has 0 radical (unpaired) electrons. The first-order valence-corrected chi connectivity index (χ1v) is 8.06. The van der Waals surface area contributed by atoms with E-state index in [1.54, 1.807) is 47.4 Å². The number of rotatable bonds is 3. The largest absolute Gasteiger partial charge is 0.378 e. The minimum Gasteiger partial charge on any atom is -0.378 e.